The van der Waals surface area contributed by atoms with Crippen molar-refractivity contribution < 1.29 is 19.4 Å². The van der Waals surface area contributed by atoms with Gasteiger partial charge in [-0.2, -0.15) is 0 Å². The smallest absolute Gasteiger partial charge is 0.303 e. The Morgan fingerprint density at radius 2 is 1.73 bits per heavy atom. The molecule has 0 radical (unpaired) electrons. The number of rotatable bonds is 4. The van der Waals surface area contributed by atoms with Crippen LogP contribution in [0.4, 0.5) is 0 Å². The molecule has 4 fully saturated rings. The molecule has 10 atom stereocenters. The minimum absolute atomic E-state index is 0.00131. The maximum absolute atomic E-state index is 13.0. The summed E-state index contributed by atoms with van der Waals surface area (Å²) in [6.45, 7) is 16.6. The van der Waals surface area contributed by atoms with Crippen molar-refractivity contribution in [3.63, 3.8) is 0 Å². The van der Waals surface area contributed by atoms with Crippen molar-refractivity contribution in [1.29, 1.82) is 0 Å². The van der Waals surface area contributed by atoms with E-state index in [1.54, 1.807) is 6.92 Å². The van der Waals surface area contributed by atoms with E-state index in [4.69, 9.17) is 10.5 Å². The molecule has 0 bridgehead atoms. The quantitative estimate of drug-likeness (QED) is 0.278. The van der Waals surface area contributed by atoms with Gasteiger partial charge < -0.3 is 15.6 Å². The number of aliphatic hydroxyl groups is 1. The number of aliphatic hydroxyl groups excluding tert-OH is 1. The number of ketones is 1. The van der Waals surface area contributed by atoms with Crippen LogP contribution in [0.5, 0.6) is 0 Å². The maximum atomic E-state index is 13.0. The Bertz CT molecular complexity index is 1040. The fourth-order valence-corrected chi connectivity index (χ4v) is 9.75. The molecule has 4 saturated carbocycles. The summed E-state index contributed by atoms with van der Waals surface area (Å²) in [6.07, 6.45) is 10.7. The first-order valence-corrected chi connectivity index (χ1v) is 14.3. The van der Waals surface area contributed by atoms with Crippen LogP contribution in [0.1, 0.15) is 93.9 Å². The van der Waals surface area contributed by atoms with Crippen LogP contribution >= 0.6 is 0 Å². The highest BCUT2D eigenvalue weighted by atomic mass is 16.5. The largest absolute Gasteiger partial charge is 0.458 e. The third kappa shape index (κ3) is 4.38. The van der Waals surface area contributed by atoms with Gasteiger partial charge in [0.05, 0.1) is 6.10 Å². The molecule has 0 aromatic carbocycles. The summed E-state index contributed by atoms with van der Waals surface area (Å²) in [5, 5.41) is 10.7. The minimum atomic E-state index is -0.414. The Morgan fingerprint density at radius 1 is 1.05 bits per heavy atom. The lowest BCUT2D eigenvalue weighted by molar-refractivity contribution is -0.204. The molecule has 0 aromatic rings. The van der Waals surface area contributed by atoms with Gasteiger partial charge in [-0.1, -0.05) is 51.5 Å². The first-order chi connectivity index (χ1) is 17.2. The van der Waals surface area contributed by atoms with E-state index in [1.807, 2.05) is 32.1 Å². The Balaban J connectivity index is 1.86. The molecule has 0 aromatic heterocycles. The normalized spacial score (nSPS) is 46.5. The molecule has 3 N–H and O–H groups in total. The summed E-state index contributed by atoms with van der Waals surface area (Å²) >= 11 is 0. The SMILES string of the molecule is CC(=O)O[C@H]1C[C@@]2(C)[C@@H](C[C@@H](N)[C@H]3[C@@]4(C)CC[C@@H](O)[C@@H](C)[C@@H]4CC[C@@]32C)/C1=C(\C=C/C=C(C)C)C(C)=O. The predicted octanol–water partition coefficient (Wildman–Crippen LogP) is 5.91. The Labute approximate surface area is 224 Å². The van der Waals surface area contributed by atoms with Crippen LogP contribution in [0.25, 0.3) is 0 Å². The number of carbonyl (C=O) groups excluding carboxylic acids is 2. The lowest BCUT2D eigenvalue weighted by Gasteiger charge is -2.69. The van der Waals surface area contributed by atoms with E-state index in [2.05, 4.69) is 27.7 Å². The molecule has 0 amide bonds. The van der Waals surface area contributed by atoms with Gasteiger partial charge in [0.15, 0.2) is 5.78 Å². The lowest BCUT2D eigenvalue weighted by Crippen LogP contribution is -2.67. The molecule has 0 unspecified atom stereocenters. The van der Waals surface area contributed by atoms with E-state index in [-0.39, 0.29) is 52.0 Å². The van der Waals surface area contributed by atoms with Gasteiger partial charge in [0, 0.05) is 18.5 Å². The first-order valence-electron chi connectivity index (χ1n) is 14.3. The van der Waals surface area contributed by atoms with Crippen LogP contribution in [0, 0.1) is 39.9 Å². The number of Topliss-reactive ketones (excluding diaryl/α,β-unsaturated/α-hetero) is 1. The van der Waals surface area contributed by atoms with E-state index >= 15 is 0 Å². The number of hydrogen-bond donors (Lipinski definition) is 2. The second kappa shape index (κ2) is 9.79. The zero-order valence-corrected chi connectivity index (χ0v) is 24.3. The van der Waals surface area contributed by atoms with Gasteiger partial charge in [0.1, 0.15) is 6.10 Å². The minimum Gasteiger partial charge on any atom is -0.458 e. The van der Waals surface area contributed by atoms with Crippen LogP contribution < -0.4 is 5.73 Å². The van der Waals surface area contributed by atoms with Crippen LogP contribution in [0.3, 0.4) is 0 Å². The molecule has 5 nitrogen and oxygen atoms in total. The number of allylic oxidation sites excluding steroid dienone is 5. The monoisotopic (exact) mass is 511 g/mol. The summed E-state index contributed by atoms with van der Waals surface area (Å²) in [5.74, 6) is 0.822. The summed E-state index contributed by atoms with van der Waals surface area (Å²) in [6, 6.07) is -0.0145. The maximum Gasteiger partial charge on any atom is 0.303 e. The Hall–Kier alpha value is -1.72. The summed E-state index contributed by atoms with van der Waals surface area (Å²) in [4.78, 5) is 25.3. The summed E-state index contributed by atoms with van der Waals surface area (Å²) < 4.78 is 5.99. The van der Waals surface area contributed by atoms with Crippen molar-refractivity contribution in [3.05, 3.63) is 34.9 Å². The molecule has 4 aliphatic carbocycles. The Morgan fingerprint density at radius 3 is 2.32 bits per heavy atom. The molecule has 4 rings (SSSR count). The van der Waals surface area contributed by atoms with Crippen molar-refractivity contribution >= 4 is 11.8 Å². The molecular formula is C32H49NO4. The first kappa shape index (κ1) is 28.3. The van der Waals surface area contributed by atoms with Crippen molar-refractivity contribution in [2.45, 2.75) is 112 Å². The van der Waals surface area contributed by atoms with Gasteiger partial charge in [-0.25, -0.2) is 0 Å². The van der Waals surface area contributed by atoms with Crippen LogP contribution in [-0.2, 0) is 14.3 Å². The molecule has 37 heavy (non-hydrogen) atoms. The second-order valence-electron chi connectivity index (χ2n) is 13.7. The topological polar surface area (TPSA) is 89.6 Å². The number of nitrogens with two attached hydrogens (primary N) is 1. The van der Waals surface area contributed by atoms with Gasteiger partial charge in [0.2, 0.25) is 0 Å². The highest BCUT2D eigenvalue weighted by Crippen LogP contribution is 2.74. The fraction of sp³-hybridized carbons (Fsp3) is 0.750. The van der Waals surface area contributed by atoms with Crippen molar-refractivity contribution in [1.82, 2.24) is 0 Å². The molecule has 0 spiro atoms. The van der Waals surface area contributed by atoms with E-state index in [9.17, 15) is 14.7 Å². The van der Waals surface area contributed by atoms with Gasteiger partial charge in [-0.3, -0.25) is 9.59 Å². The molecule has 0 aliphatic heterocycles. The van der Waals surface area contributed by atoms with E-state index in [1.165, 1.54) is 6.92 Å². The lowest BCUT2D eigenvalue weighted by atomic mass is 9.36. The van der Waals surface area contributed by atoms with Crippen molar-refractivity contribution in [2.24, 2.45) is 45.7 Å². The number of carbonyl (C=O) groups is 2. The van der Waals surface area contributed by atoms with Crippen LogP contribution in [-0.4, -0.2) is 35.1 Å². The number of ether oxygens (including phenoxy) is 1. The van der Waals surface area contributed by atoms with Gasteiger partial charge in [-0.15, -0.1) is 0 Å². The zero-order chi connectivity index (χ0) is 27.5. The molecule has 0 heterocycles. The number of hydrogen-bond acceptors (Lipinski definition) is 5. The van der Waals surface area contributed by atoms with Gasteiger partial charge in [0.25, 0.3) is 0 Å². The molecule has 5 heteroatoms. The van der Waals surface area contributed by atoms with Crippen LogP contribution in [0.2, 0.25) is 0 Å². The molecule has 4 aliphatic rings. The van der Waals surface area contributed by atoms with Gasteiger partial charge >= 0.3 is 5.97 Å². The Kier molecular flexibility index (Phi) is 7.48. The highest BCUT2D eigenvalue weighted by molar-refractivity contribution is 5.97. The second-order valence-corrected chi connectivity index (χ2v) is 13.7. The number of fused-ring (bicyclic) bond motifs is 5. The van der Waals surface area contributed by atoms with Crippen molar-refractivity contribution in [3.8, 4) is 0 Å². The summed E-state index contributed by atoms with van der Waals surface area (Å²) in [5.41, 5.74) is 9.83. The molecule has 0 saturated heterocycles. The van der Waals surface area contributed by atoms with E-state index in [0.717, 1.165) is 49.7 Å². The highest BCUT2D eigenvalue weighted by Gasteiger charge is 2.70. The molecule has 206 valence electrons. The third-order valence-electron chi connectivity index (χ3n) is 11.5. The van der Waals surface area contributed by atoms with E-state index < -0.39 is 6.10 Å². The predicted molar refractivity (Wildman–Crippen MR) is 147 cm³/mol. The average Bonchev–Trinajstić information content (AvgIpc) is 3.05. The summed E-state index contributed by atoms with van der Waals surface area (Å²) in [7, 11) is 0. The van der Waals surface area contributed by atoms with Gasteiger partial charge in [-0.05, 0) is 105 Å². The fourth-order valence-electron chi connectivity index (χ4n) is 9.75. The average molecular weight is 512 g/mol. The number of esters is 1. The zero-order valence-electron chi connectivity index (χ0n) is 24.3. The standard InChI is InChI=1S/C32H49NO4/c1-18(2)10-9-11-22(20(4)34)28-24-16-25(33)29-30(6)14-13-26(36)19(3)23(30)12-15-31(29,7)32(24,8)17-27(28)37-21(5)35/h9-11,19,23-27,29,36H,12-17,33H2,1-8H3/b11-9-,28-22-/t19-,23-,24-,25+,26+,27-,29-,30-,31-,32-/m0/s1. The third-order valence-corrected chi connectivity index (χ3v) is 11.5. The van der Waals surface area contributed by atoms with E-state index in [0.29, 0.717) is 17.4 Å². The van der Waals surface area contributed by atoms with Crippen LogP contribution in [0.15, 0.2) is 34.9 Å². The molecular weight excluding hydrogens is 462 g/mol. The van der Waals surface area contributed by atoms with Crippen molar-refractivity contribution in [2.75, 3.05) is 0 Å².